The number of fused-ring (bicyclic) bond motifs is 1. The van der Waals surface area contributed by atoms with E-state index < -0.39 is 35.4 Å². The molecule has 1 spiro atoms. The van der Waals surface area contributed by atoms with Crippen molar-refractivity contribution in [1.29, 1.82) is 0 Å². The number of piperidine rings is 1. The minimum absolute atomic E-state index is 0.0779. The van der Waals surface area contributed by atoms with Crippen LogP contribution in [0.15, 0.2) is 58.6 Å². The number of piperazine rings is 1. The summed E-state index contributed by atoms with van der Waals surface area (Å²) < 4.78 is 13.4. The Morgan fingerprint density at radius 1 is 1.02 bits per heavy atom. The lowest BCUT2D eigenvalue weighted by atomic mass is 9.64. The number of likely N-dealkylation sites (tertiary alicyclic amines) is 1. The zero-order valence-corrected chi connectivity index (χ0v) is 37.9. The Hall–Kier alpha value is -5.69. The molecule has 2 unspecified atom stereocenters. The van der Waals surface area contributed by atoms with Gasteiger partial charge in [-0.05, 0) is 93.7 Å². The van der Waals surface area contributed by atoms with Gasteiger partial charge in [-0.1, -0.05) is 11.6 Å². The van der Waals surface area contributed by atoms with E-state index in [2.05, 4.69) is 35.6 Å². The van der Waals surface area contributed by atoms with Gasteiger partial charge in [0, 0.05) is 101 Å². The van der Waals surface area contributed by atoms with Crippen LogP contribution in [0.1, 0.15) is 64.8 Å². The summed E-state index contributed by atoms with van der Waals surface area (Å²) in [6, 6.07) is 6.15. The molecule has 2 atom stereocenters. The van der Waals surface area contributed by atoms with Crippen LogP contribution in [0.5, 0.6) is 5.75 Å². The number of likely N-dealkylation sites (N-methyl/N-ethyl adjacent to an activating group) is 1. The fourth-order valence-corrected chi connectivity index (χ4v) is 10.6. The van der Waals surface area contributed by atoms with E-state index in [1.165, 1.54) is 7.05 Å². The second kappa shape index (κ2) is 17.6. The molecule has 3 aromatic rings. The smallest absolute Gasteiger partial charge is 0.293 e. The third-order valence-corrected chi connectivity index (χ3v) is 14.4. The average molecular weight is 911 g/mol. The van der Waals surface area contributed by atoms with Crippen molar-refractivity contribution in [3.63, 3.8) is 0 Å². The normalized spacial score (nSPS) is 23.9. The van der Waals surface area contributed by atoms with Crippen molar-refractivity contribution in [3.8, 4) is 5.75 Å². The highest BCUT2D eigenvalue weighted by Gasteiger charge is 2.56. The summed E-state index contributed by atoms with van der Waals surface area (Å²) in [6.07, 6.45) is 10.1. The molecule has 9 rings (SSSR count). The van der Waals surface area contributed by atoms with E-state index in [0.717, 1.165) is 87.3 Å². The van der Waals surface area contributed by atoms with Crippen LogP contribution in [-0.2, 0) is 28.7 Å². The van der Waals surface area contributed by atoms with Gasteiger partial charge < -0.3 is 29.6 Å². The lowest BCUT2D eigenvalue weighted by Crippen LogP contribution is -2.66. The zero-order chi connectivity index (χ0) is 45.8. The monoisotopic (exact) mass is 910 g/mol. The highest BCUT2D eigenvalue weighted by molar-refractivity contribution is 6.33. The van der Waals surface area contributed by atoms with Crippen molar-refractivity contribution in [2.45, 2.75) is 76.6 Å². The Bertz CT molecular complexity index is 2570. The number of nitrogens with zero attached hydrogens (tertiary/aromatic N) is 7. The molecular formula is C46H55ClN10O8. The summed E-state index contributed by atoms with van der Waals surface area (Å²) in [4.78, 5) is 93.8. The Labute approximate surface area is 381 Å². The number of aromatic nitrogens is 3. The van der Waals surface area contributed by atoms with Crippen LogP contribution >= 0.6 is 11.6 Å². The summed E-state index contributed by atoms with van der Waals surface area (Å²) >= 11 is 6.62. The lowest BCUT2D eigenvalue weighted by Gasteiger charge is -2.59. The molecular weight excluding hydrogens is 856 g/mol. The SMILES string of the molecule is CNC(=O)COc1cc2cc(Nc3nc(N4CCN(CC5CCC6(CC5)CN(C5(OC)C=CC7=C(C5)C(=O)N(C5CCC(=O)NC5=O)C7=O)C6)CC4)ncc3Cl)ccc2n(C(C)C)c1=O. The van der Waals surface area contributed by atoms with E-state index in [1.54, 1.807) is 30.0 Å². The van der Waals surface area contributed by atoms with Crippen LogP contribution in [0.2, 0.25) is 5.02 Å². The maximum atomic E-state index is 13.6. The third kappa shape index (κ3) is 8.41. The van der Waals surface area contributed by atoms with E-state index in [9.17, 15) is 28.8 Å². The molecule has 2 aliphatic carbocycles. The predicted octanol–water partition coefficient (Wildman–Crippen LogP) is 3.28. The molecule has 4 fully saturated rings. The van der Waals surface area contributed by atoms with Gasteiger partial charge in [0.2, 0.25) is 17.8 Å². The quantitative estimate of drug-likeness (QED) is 0.224. The number of methoxy groups -OCH3 is 1. The first-order valence-electron chi connectivity index (χ1n) is 22.4. The number of amides is 5. The number of imide groups is 2. The molecule has 1 aromatic carbocycles. The minimum atomic E-state index is -0.996. The Morgan fingerprint density at radius 2 is 1.77 bits per heavy atom. The molecule has 5 amide bonds. The van der Waals surface area contributed by atoms with Crippen LogP contribution < -0.4 is 31.1 Å². The van der Waals surface area contributed by atoms with Gasteiger partial charge in [-0.3, -0.25) is 48.8 Å². The lowest BCUT2D eigenvalue weighted by molar-refractivity contribution is -0.185. The van der Waals surface area contributed by atoms with Gasteiger partial charge in [-0.15, -0.1) is 0 Å². The van der Waals surface area contributed by atoms with Gasteiger partial charge in [0.15, 0.2) is 18.2 Å². The molecule has 1 saturated carbocycles. The highest BCUT2D eigenvalue weighted by atomic mass is 35.5. The molecule has 6 aliphatic rings. The highest BCUT2D eigenvalue weighted by Crippen LogP contribution is 2.51. The third-order valence-electron chi connectivity index (χ3n) is 14.1. The first-order valence-corrected chi connectivity index (χ1v) is 22.8. The van der Waals surface area contributed by atoms with Gasteiger partial charge >= 0.3 is 0 Å². The summed E-state index contributed by atoms with van der Waals surface area (Å²) in [5.74, 6) is -0.586. The van der Waals surface area contributed by atoms with Gasteiger partial charge in [-0.2, -0.15) is 4.98 Å². The first-order chi connectivity index (χ1) is 31.2. The van der Waals surface area contributed by atoms with Crippen LogP contribution in [0.4, 0.5) is 17.5 Å². The number of nitrogens with one attached hydrogen (secondary N) is 3. The van der Waals surface area contributed by atoms with E-state index in [0.29, 0.717) is 39.5 Å². The summed E-state index contributed by atoms with van der Waals surface area (Å²) in [7, 11) is 3.15. The number of hydrogen-bond acceptors (Lipinski definition) is 14. The number of ether oxygens (including phenoxy) is 2. The predicted molar refractivity (Wildman–Crippen MR) is 242 cm³/mol. The summed E-state index contributed by atoms with van der Waals surface area (Å²) in [6.45, 7) is 9.62. The molecule has 0 radical (unpaired) electrons. The standard InChI is InChI=1S/C46H55ClN10O8/c1-27(2)56-34-6-5-30(19-29(34)20-36(43(56)63)65-24-38(59)48-3)50-39-33(47)22-49-44(52-39)54-17-15-53(16-18-54)23-28-9-12-45(13-10-28)25-55(26-45)46(64-4)14-11-31-32(21-46)42(62)57(41(31)61)35-7-8-37(58)51-40(35)60/h5-6,11,14,19-20,22,27-28,35H,7-10,12-13,15-18,21,23-26H2,1-4H3,(H,48,59)(H,49,50,52)(H,51,58,60). The number of carbonyl (C=O) groups is 5. The molecule has 0 bridgehead atoms. The maximum absolute atomic E-state index is 13.6. The Morgan fingerprint density at radius 3 is 2.46 bits per heavy atom. The second-order valence-electron chi connectivity index (χ2n) is 18.5. The molecule has 18 nitrogen and oxygen atoms in total. The molecule has 3 N–H and O–H groups in total. The van der Waals surface area contributed by atoms with E-state index in [-0.39, 0.29) is 54.5 Å². The Balaban J connectivity index is 0.765. The van der Waals surface area contributed by atoms with Crippen molar-refractivity contribution in [1.82, 2.24) is 39.9 Å². The largest absolute Gasteiger partial charge is 0.478 e. The van der Waals surface area contributed by atoms with Crippen molar-refractivity contribution < 1.29 is 33.4 Å². The number of benzene rings is 1. The number of anilines is 3. The summed E-state index contributed by atoms with van der Waals surface area (Å²) in [5, 5.41) is 9.23. The van der Waals surface area contributed by atoms with E-state index in [4.69, 9.17) is 26.1 Å². The van der Waals surface area contributed by atoms with E-state index in [1.807, 2.05) is 38.1 Å². The number of pyridine rings is 1. The second-order valence-corrected chi connectivity index (χ2v) is 18.9. The minimum Gasteiger partial charge on any atom is -0.478 e. The van der Waals surface area contributed by atoms with Crippen molar-refractivity contribution in [3.05, 3.63) is 69.1 Å². The molecule has 4 aliphatic heterocycles. The van der Waals surface area contributed by atoms with Crippen molar-refractivity contribution in [2.75, 3.05) is 76.8 Å². The number of halogens is 1. The zero-order valence-electron chi connectivity index (χ0n) is 37.2. The van der Waals surface area contributed by atoms with Crippen LogP contribution in [0, 0.1) is 11.3 Å². The molecule has 344 valence electrons. The maximum Gasteiger partial charge on any atom is 0.293 e. The van der Waals surface area contributed by atoms with Gasteiger partial charge in [0.1, 0.15) is 16.8 Å². The average Bonchev–Trinajstić information content (AvgIpc) is 3.53. The number of carbonyl (C=O) groups excluding carboxylic acids is 5. The molecule has 3 saturated heterocycles. The molecule has 2 aromatic heterocycles. The molecule has 19 heteroatoms. The van der Waals surface area contributed by atoms with Gasteiger partial charge in [-0.25, -0.2) is 4.98 Å². The summed E-state index contributed by atoms with van der Waals surface area (Å²) in [5.41, 5.74) is 1.12. The number of rotatable bonds is 12. The molecule has 65 heavy (non-hydrogen) atoms. The van der Waals surface area contributed by atoms with Crippen molar-refractivity contribution in [2.24, 2.45) is 11.3 Å². The molecule has 6 heterocycles. The van der Waals surface area contributed by atoms with Crippen LogP contribution in [0.3, 0.4) is 0 Å². The van der Waals surface area contributed by atoms with Gasteiger partial charge in [0.25, 0.3) is 23.3 Å². The first kappa shape index (κ1) is 44.5. The Kier molecular flexibility index (Phi) is 12.1. The topological polar surface area (TPSA) is 201 Å². The fourth-order valence-electron chi connectivity index (χ4n) is 10.5. The van der Waals surface area contributed by atoms with Crippen molar-refractivity contribution >= 4 is 69.5 Å². The van der Waals surface area contributed by atoms with Crippen LogP contribution in [0.25, 0.3) is 10.9 Å². The number of hydrogen-bond donors (Lipinski definition) is 3. The van der Waals surface area contributed by atoms with E-state index >= 15 is 0 Å². The van der Waals surface area contributed by atoms with Gasteiger partial charge in [0.05, 0.1) is 11.7 Å². The fraction of sp³-hybridized carbons (Fsp3) is 0.522. The van der Waals surface area contributed by atoms with Crippen LogP contribution in [-0.4, -0.2) is 137 Å².